The predicted octanol–water partition coefficient (Wildman–Crippen LogP) is 3.09. The quantitative estimate of drug-likeness (QED) is 0.683. The van der Waals surface area contributed by atoms with Gasteiger partial charge in [0.15, 0.2) is 18.1 Å². The molecule has 1 saturated carbocycles. The molecule has 0 saturated heterocycles. The molecule has 0 bridgehead atoms. The molecule has 0 aromatic heterocycles. The summed E-state index contributed by atoms with van der Waals surface area (Å²) in [7, 11) is 0. The van der Waals surface area contributed by atoms with Crippen LogP contribution >= 0.6 is 0 Å². The lowest BCUT2D eigenvalue weighted by atomic mass is 9.86. The van der Waals surface area contributed by atoms with E-state index in [1.807, 2.05) is 25.1 Å². The zero-order valence-electron chi connectivity index (χ0n) is 15.7. The van der Waals surface area contributed by atoms with Crippen LogP contribution in [-0.4, -0.2) is 37.7 Å². The summed E-state index contributed by atoms with van der Waals surface area (Å²) in [6, 6.07) is 7.49. The highest BCUT2D eigenvalue weighted by molar-refractivity contribution is 5.80. The Bertz CT molecular complexity index is 589. The van der Waals surface area contributed by atoms with Crippen molar-refractivity contribution in [2.45, 2.75) is 52.0 Å². The maximum atomic E-state index is 11.9. The van der Waals surface area contributed by atoms with Crippen LogP contribution in [-0.2, 0) is 14.3 Å². The molecule has 0 heterocycles. The molecule has 1 N–H and O–H groups in total. The SMILES string of the molecule is CCOc1ccccc1OCCC(=O)OCC(=O)N[C@@H]1CCCC[C@H]1C. The van der Waals surface area contributed by atoms with E-state index in [9.17, 15) is 9.59 Å². The number of para-hydroxylation sites is 2. The summed E-state index contributed by atoms with van der Waals surface area (Å²) in [5.74, 6) is 1.02. The van der Waals surface area contributed by atoms with Crippen molar-refractivity contribution in [2.75, 3.05) is 19.8 Å². The molecule has 1 aromatic rings. The maximum absolute atomic E-state index is 11.9. The number of carbonyl (C=O) groups is 2. The molecule has 0 spiro atoms. The summed E-state index contributed by atoms with van der Waals surface area (Å²) >= 11 is 0. The van der Waals surface area contributed by atoms with Gasteiger partial charge in [0.2, 0.25) is 0 Å². The molecule has 1 fully saturated rings. The van der Waals surface area contributed by atoms with Gasteiger partial charge in [-0.2, -0.15) is 0 Å². The first-order chi connectivity index (χ1) is 12.6. The van der Waals surface area contributed by atoms with E-state index in [1.54, 1.807) is 6.07 Å². The molecule has 0 unspecified atom stereocenters. The minimum atomic E-state index is -0.453. The lowest BCUT2D eigenvalue weighted by Crippen LogP contribution is -2.42. The third-order valence-corrected chi connectivity index (χ3v) is 4.53. The summed E-state index contributed by atoms with van der Waals surface area (Å²) in [5.41, 5.74) is 0. The van der Waals surface area contributed by atoms with Crippen LogP contribution in [0.15, 0.2) is 24.3 Å². The van der Waals surface area contributed by atoms with Gasteiger partial charge in [-0.25, -0.2) is 0 Å². The topological polar surface area (TPSA) is 73.9 Å². The summed E-state index contributed by atoms with van der Waals surface area (Å²) in [4.78, 5) is 23.7. The molecule has 1 aromatic carbocycles. The van der Waals surface area contributed by atoms with Crippen LogP contribution in [0.25, 0.3) is 0 Å². The first kappa shape index (κ1) is 20.1. The number of esters is 1. The number of nitrogens with one attached hydrogen (secondary N) is 1. The number of hydrogen-bond donors (Lipinski definition) is 1. The third kappa shape index (κ3) is 6.58. The summed E-state index contributed by atoms with van der Waals surface area (Å²) < 4.78 is 16.1. The number of rotatable bonds is 9. The Balaban J connectivity index is 1.65. The number of amides is 1. The molecule has 26 heavy (non-hydrogen) atoms. The summed E-state index contributed by atoms with van der Waals surface area (Å²) in [5, 5.41) is 2.96. The van der Waals surface area contributed by atoms with Gasteiger partial charge in [0.25, 0.3) is 5.91 Å². The van der Waals surface area contributed by atoms with E-state index >= 15 is 0 Å². The Labute approximate surface area is 155 Å². The molecular formula is C20H29NO5. The van der Waals surface area contributed by atoms with Crippen molar-refractivity contribution in [2.24, 2.45) is 5.92 Å². The Hall–Kier alpha value is -2.24. The van der Waals surface area contributed by atoms with Crippen LogP contribution in [0.1, 0.15) is 46.0 Å². The fraction of sp³-hybridized carbons (Fsp3) is 0.600. The fourth-order valence-electron chi connectivity index (χ4n) is 3.09. The van der Waals surface area contributed by atoms with E-state index < -0.39 is 5.97 Å². The lowest BCUT2D eigenvalue weighted by Gasteiger charge is -2.29. The average Bonchev–Trinajstić information content (AvgIpc) is 2.63. The number of hydrogen-bond acceptors (Lipinski definition) is 5. The molecule has 1 amide bonds. The van der Waals surface area contributed by atoms with Crippen molar-refractivity contribution in [3.05, 3.63) is 24.3 Å². The normalized spacial score (nSPS) is 19.5. The Kier molecular flexibility index (Phi) is 8.25. The molecule has 0 radical (unpaired) electrons. The van der Waals surface area contributed by atoms with Gasteiger partial charge in [-0.3, -0.25) is 9.59 Å². The second-order valence-electron chi connectivity index (χ2n) is 6.57. The monoisotopic (exact) mass is 363 g/mol. The third-order valence-electron chi connectivity index (χ3n) is 4.53. The van der Waals surface area contributed by atoms with Gasteiger partial charge < -0.3 is 19.5 Å². The van der Waals surface area contributed by atoms with Gasteiger partial charge in [0.1, 0.15) is 0 Å². The van der Waals surface area contributed by atoms with Crippen LogP contribution in [0.5, 0.6) is 11.5 Å². The van der Waals surface area contributed by atoms with Crippen LogP contribution in [0.3, 0.4) is 0 Å². The number of benzene rings is 1. The molecule has 2 atom stereocenters. The minimum absolute atomic E-state index is 0.0770. The van der Waals surface area contributed by atoms with Crippen LogP contribution in [0.4, 0.5) is 0 Å². The maximum Gasteiger partial charge on any atom is 0.309 e. The van der Waals surface area contributed by atoms with Gasteiger partial charge in [-0.05, 0) is 37.8 Å². The molecule has 0 aliphatic heterocycles. The first-order valence-corrected chi connectivity index (χ1v) is 9.39. The van der Waals surface area contributed by atoms with E-state index in [4.69, 9.17) is 14.2 Å². The van der Waals surface area contributed by atoms with Gasteiger partial charge in [-0.15, -0.1) is 0 Å². The highest BCUT2D eigenvalue weighted by atomic mass is 16.5. The van der Waals surface area contributed by atoms with Crippen LogP contribution < -0.4 is 14.8 Å². The second-order valence-corrected chi connectivity index (χ2v) is 6.57. The van der Waals surface area contributed by atoms with Crippen molar-refractivity contribution < 1.29 is 23.8 Å². The lowest BCUT2D eigenvalue weighted by molar-refractivity contribution is -0.149. The van der Waals surface area contributed by atoms with E-state index in [1.165, 1.54) is 6.42 Å². The molecule has 144 valence electrons. The molecule has 2 rings (SSSR count). The predicted molar refractivity (Wildman–Crippen MR) is 98.2 cm³/mol. The average molecular weight is 363 g/mol. The highest BCUT2D eigenvalue weighted by Crippen LogP contribution is 2.26. The minimum Gasteiger partial charge on any atom is -0.490 e. The molecule has 1 aliphatic carbocycles. The van der Waals surface area contributed by atoms with Crippen molar-refractivity contribution >= 4 is 11.9 Å². The van der Waals surface area contributed by atoms with E-state index in [0.29, 0.717) is 24.0 Å². The van der Waals surface area contributed by atoms with E-state index in [2.05, 4.69) is 12.2 Å². The molecule has 6 heteroatoms. The van der Waals surface area contributed by atoms with Crippen molar-refractivity contribution in [3.63, 3.8) is 0 Å². The molecule has 1 aliphatic rings. The first-order valence-electron chi connectivity index (χ1n) is 9.39. The van der Waals surface area contributed by atoms with Gasteiger partial charge in [0.05, 0.1) is 19.6 Å². The summed E-state index contributed by atoms with van der Waals surface area (Å²) in [6.45, 7) is 4.51. The van der Waals surface area contributed by atoms with Crippen molar-refractivity contribution in [1.82, 2.24) is 5.32 Å². The smallest absolute Gasteiger partial charge is 0.309 e. The Morgan fingerprint density at radius 2 is 1.81 bits per heavy atom. The Morgan fingerprint density at radius 1 is 1.12 bits per heavy atom. The van der Waals surface area contributed by atoms with Gasteiger partial charge >= 0.3 is 5.97 Å². The number of carbonyl (C=O) groups excluding carboxylic acids is 2. The highest BCUT2D eigenvalue weighted by Gasteiger charge is 2.23. The summed E-state index contributed by atoms with van der Waals surface area (Å²) in [6.07, 6.45) is 4.55. The zero-order chi connectivity index (χ0) is 18.8. The standard InChI is InChI=1S/C20H29NO5/c1-3-24-17-10-6-7-11-18(17)25-13-12-20(23)26-14-19(22)21-16-9-5-4-8-15(16)2/h6-7,10-11,15-16H,3-5,8-9,12-14H2,1-2H3,(H,21,22)/t15-,16-/m1/s1. The van der Waals surface area contributed by atoms with Gasteiger partial charge in [0, 0.05) is 6.04 Å². The van der Waals surface area contributed by atoms with E-state index in [-0.39, 0.29) is 31.6 Å². The van der Waals surface area contributed by atoms with Crippen molar-refractivity contribution in [1.29, 1.82) is 0 Å². The van der Waals surface area contributed by atoms with E-state index in [0.717, 1.165) is 19.3 Å². The fourth-order valence-corrected chi connectivity index (χ4v) is 3.09. The molecule has 6 nitrogen and oxygen atoms in total. The zero-order valence-corrected chi connectivity index (χ0v) is 15.7. The molecular weight excluding hydrogens is 334 g/mol. The number of ether oxygens (including phenoxy) is 3. The van der Waals surface area contributed by atoms with Gasteiger partial charge in [-0.1, -0.05) is 31.9 Å². The van der Waals surface area contributed by atoms with Crippen LogP contribution in [0.2, 0.25) is 0 Å². The van der Waals surface area contributed by atoms with Crippen LogP contribution in [0, 0.1) is 5.92 Å². The second kappa shape index (κ2) is 10.7. The van der Waals surface area contributed by atoms with Crippen molar-refractivity contribution in [3.8, 4) is 11.5 Å². The Morgan fingerprint density at radius 3 is 2.50 bits per heavy atom. The largest absolute Gasteiger partial charge is 0.490 e.